The minimum atomic E-state index is -1.90. The maximum absolute atomic E-state index is 14.2. The lowest BCUT2D eigenvalue weighted by Crippen LogP contribution is -2.37. The number of halogens is 2. The molecule has 1 amide bonds. The summed E-state index contributed by atoms with van der Waals surface area (Å²) in [5.41, 5.74) is 5.32. The second-order valence-electron chi connectivity index (χ2n) is 8.02. The molecule has 0 aliphatic carbocycles. The van der Waals surface area contributed by atoms with Crippen LogP contribution in [0.2, 0.25) is 5.02 Å². The van der Waals surface area contributed by atoms with Crippen molar-refractivity contribution in [2.24, 2.45) is 0 Å². The fourth-order valence-corrected chi connectivity index (χ4v) is 6.03. The molecule has 1 saturated heterocycles. The lowest BCUT2D eigenvalue weighted by molar-refractivity contribution is 0.103. The summed E-state index contributed by atoms with van der Waals surface area (Å²) < 4.78 is 35.1. The van der Waals surface area contributed by atoms with E-state index < -0.39 is 16.8 Å². The van der Waals surface area contributed by atoms with Crippen LogP contribution in [0.1, 0.15) is 26.4 Å². The Morgan fingerprint density at radius 2 is 1.88 bits per heavy atom. The first kappa shape index (κ1) is 24.7. The van der Waals surface area contributed by atoms with Gasteiger partial charge in [-0.2, -0.15) is 0 Å². The van der Waals surface area contributed by atoms with Gasteiger partial charge in [0.05, 0.1) is 23.8 Å². The smallest absolute Gasteiger partial charge is 0.267 e. The van der Waals surface area contributed by atoms with Crippen LogP contribution < -0.4 is 14.9 Å². The van der Waals surface area contributed by atoms with E-state index in [1.54, 1.807) is 11.4 Å². The molecule has 1 aliphatic heterocycles. The highest BCUT2D eigenvalue weighted by atomic mass is 35.5. The van der Waals surface area contributed by atoms with Crippen molar-refractivity contribution in [1.29, 1.82) is 0 Å². The van der Waals surface area contributed by atoms with Crippen LogP contribution in [0.5, 0.6) is 0 Å². The molecule has 0 radical (unpaired) electrons. The van der Waals surface area contributed by atoms with Gasteiger partial charge in [0, 0.05) is 29.5 Å². The van der Waals surface area contributed by atoms with Gasteiger partial charge in [0.2, 0.25) is 0 Å². The molecule has 1 fully saturated rings. The van der Waals surface area contributed by atoms with Crippen molar-refractivity contribution in [2.75, 3.05) is 41.2 Å². The number of carbonyl (C=O) groups is 1. The number of aryl methyl sites for hydroxylation is 2. The van der Waals surface area contributed by atoms with Crippen molar-refractivity contribution in [2.45, 2.75) is 25.7 Å². The van der Waals surface area contributed by atoms with Crippen LogP contribution in [0.15, 0.2) is 40.6 Å². The average Bonchev–Trinajstić information content (AvgIpc) is 3.25. The Hall–Kier alpha value is -2.46. The summed E-state index contributed by atoms with van der Waals surface area (Å²) in [5, 5.41) is 4.98. The van der Waals surface area contributed by atoms with E-state index in [2.05, 4.69) is 27.9 Å². The van der Waals surface area contributed by atoms with E-state index in [4.69, 9.17) is 16.3 Å². The highest BCUT2D eigenvalue weighted by Crippen LogP contribution is 2.35. The number of amides is 1. The maximum Gasteiger partial charge on any atom is 0.267 e. The Morgan fingerprint density at radius 3 is 2.59 bits per heavy atom. The van der Waals surface area contributed by atoms with E-state index in [0.29, 0.717) is 23.8 Å². The van der Waals surface area contributed by atoms with Gasteiger partial charge in [-0.05, 0) is 67.1 Å². The van der Waals surface area contributed by atoms with Gasteiger partial charge in [-0.25, -0.2) is 8.60 Å². The molecule has 3 aromatic rings. The molecule has 0 spiro atoms. The fraction of sp³-hybridized carbons (Fsp3) is 0.292. The number of anilines is 3. The Labute approximate surface area is 209 Å². The summed E-state index contributed by atoms with van der Waals surface area (Å²) in [6.07, 6.45) is 0. The zero-order chi connectivity index (χ0) is 24.4. The lowest BCUT2D eigenvalue weighted by Gasteiger charge is -2.32. The standard InChI is InChI=1S/C24H25ClFN3O3S2/c1-14-12-15(2)22(29-7-9-32-10-8-29)16(3)21(14)27-24(30)23-19(6-11-33-23)28-34(31)20-5-4-17(25)13-18(20)26/h4-6,11-13,28H,7-10H2,1-3H3,(H,27,30). The number of nitrogens with one attached hydrogen (secondary N) is 2. The van der Waals surface area contributed by atoms with Crippen LogP contribution in [-0.4, -0.2) is 36.4 Å². The van der Waals surface area contributed by atoms with E-state index in [-0.39, 0.29) is 15.8 Å². The minimum Gasteiger partial charge on any atom is -0.378 e. The van der Waals surface area contributed by atoms with Crippen LogP contribution in [0.4, 0.5) is 21.5 Å². The summed E-state index contributed by atoms with van der Waals surface area (Å²) in [4.78, 5) is 15.8. The molecule has 2 aromatic carbocycles. The number of ether oxygens (including phenoxy) is 1. The molecule has 6 nitrogen and oxygen atoms in total. The van der Waals surface area contributed by atoms with Crippen molar-refractivity contribution in [3.63, 3.8) is 0 Å². The number of carbonyl (C=O) groups excluding carboxylic acids is 1. The first-order valence-corrected chi connectivity index (χ1v) is 13.1. The van der Waals surface area contributed by atoms with E-state index in [1.165, 1.54) is 23.5 Å². The Balaban J connectivity index is 1.57. The highest BCUT2D eigenvalue weighted by molar-refractivity contribution is 7.86. The van der Waals surface area contributed by atoms with Gasteiger partial charge in [-0.1, -0.05) is 17.7 Å². The van der Waals surface area contributed by atoms with Crippen LogP contribution in [0.25, 0.3) is 0 Å². The molecule has 1 aromatic heterocycles. The van der Waals surface area contributed by atoms with E-state index in [1.807, 2.05) is 13.8 Å². The average molecular weight is 522 g/mol. The molecule has 1 unspecified atom stereocenters. The number of thiophene rings is 1. The lowest BCUT2D eigenvalue weighted by atomic mass is 10.0. The van der Waals surface area contributed by atoms with Crippen molar-refractivity contribution in [1.82, 2.24) is 0 Å². The van der Waals surface area contributed by atoms with Crippen LogP contribution in [0, 0.1) is 26.6 Å². The molecule has 1 atom stereocenters. The predicted molar refractivity (Wildman–Crippen MR) is 137 cm³/mol. The second-order valence-corrected chi connectivity index (χ2v) is 10.6. The predicted octanol–water partition coefficient (Wildman–Crippen LogP) is 5.69. The highest BCUT2D eigenvalue weighted by Gasteiger charge is 2.22. The maximum atomic E-state index is 14.2. The van der Waals surface area contributed by atoms with E-state index in [9.17, 15) is 13.4 Å². The minimum absolute atomic E-state index is 0.0395. The van der Waals surface area contributed by atoms with Crippen LogP contribution >= 0.6 is 22.9 Å². The van der Waals surface area contributed by atoms with E-state index >= 15 is 0 Å². The number of hydrogen-bond acceptors (Lipinski definition) is 5. The summed E-state index contributed by atoms with van der Waals surface area (Å²) in [6.45, 7) is 8.97. The zero-order valence-electron chi connectivity index (χ0n) is 19.0. The summed E-state index contributed by atoms with van der Waals surface area (Å²) in [6, 6.07) is 7.65. The molecular weight excluding hydrogens is 497 g/mol. The first-order chi connectivity index (χ1) is 16.3. The van der Waals surface area contributed by atoms with Gasteiger partial charge in [0.1, 0.15) is 10.7 Å². The summed E-state index contributed by atoms with van der Waals surface area (Å²) >= 11 is 7.00. The van der Waals surface area contributed by atoms with Gasteiger partial charge in [0.25, 0.3) is 5.91 Å². The molecule has 1 aliphatic rings. The number of benzene rings is 2. The van der Waals surface area contributed by atoms with Gasteiger partial charge in [0.15, 0.2) is 11.0 Å². The van der Waals surface area contributed by atoms with Gasteiger partial charge < -0.3 is 15.0 Å². The number of hydrogen-bond donors (Lipinski definition) is 2. The third kappa shape index (κ3) is 5.12. The third-order valence-corrected chi connectivity index (χ3v) is 7.95. The Morgan fingerprint density at radius 1 is 1.15 bits per heavy atom. The normalized spacial score (nSPS) is 14.7. The SMILES string of the molecule is Cc1cc(C)c(N2CCOCC2)c(C)c1NC(=O)c1sccc1NS(=O)c1ccc(Cl)cc1F. The molecule has 34 heavy (non-hydrogen) atoms. The number of nitrogens with zero attached hydrogens (tertiary/aromatic N) is 1. The topological polar surface area (TPSA) is 70.7 Å². The van der Waals surface area contributed by atoms with Crippen LogP contribution in [0.3, 0.4) is 0 Å². The zero-order valence-corrected chi connectivity index (χ0v) is 21.4. The van der Waals surface area contributed by atoms with Gasteiger partial charge >= 0.3 is 0 Å². The fourth-order valence-electron chi connectivity index (χ4n) is 4.16. The second kappa shape index (κ2) is 10.4. The van der Waals surface area contributed by atoms with Crippen molar-refractivity contribution in [3.8, 4) is 0 Å². The molecule has 4 rings (SSSR count). The van der Waals surface area contributed by atoms with Gasteiger partial charge in [-0.3, -0.25) is 9.52 Å². The van der Waals surface area contributed by atoms with Crippen molar-refractivity contribution >= 4 is 56.9 Å². The molecule has 10 heteroatoms. The molecule has 0 saturated carbocycles. The summed E-state index contributed by atoms with van der Waals surface area (Å²) in [7, 11) is -1.90. The Kier molecular flexibility index (Phi) is 7.57. The molecular formula is C24H25ClFN3O3S2. The Bertz CT molecular complexity index is 1260. The quantitative estimate of drug-likeness (QED) is 0.437. The van der Waals surface area contributed by atoms with Crippen molar-refractivity contribution in [3.05, 3.63) is 68.1 Å². The summed E-state index contributed by atoms with van der Waals surface area (Å²) in [5.74, 6) is -1.00. The molecule has 2 N–H and O–H groups in total. The first-order valence-electron chi connectivity index (χ1n) is 10.7. The molecule has 2 heterocycles. The van der Waals surface area contributed by atoms with Crippen LogP contribution in [-0.2, 0) is 15.7 Å². The molecule has 180 valence electrons. The van der Waals surface area contributed by atoms with Gasteiger partial charge in [-0.15, -0.1) is 11.3 Å². The number of morpholine rings is 1. The van der Waals surface area contributed by atoms with E-state index in [0.717, 1.165) is 47.2 Å². The number of rotatable bonds is 6. The largest absolute Gasteiger partial charge is 0.378 e. The van der Waals surface area contributed by atoms with Crippen molar-refractivity contribution < 1.29 is 18.1 Å². The monoisotopic (exact) mass is 521 g/mol. The third-order valence-electron chi connectivity index (χ3n) is 5.66. The molecule has 0 bridgehead atoms.